The molecule has 2 aromatic rings. The van der Waals surface area contributed by atoms with Crippen LogP contribution >= 0.6 is 0 Å². The minimum atomic E-state index is -3.77. The van der Waals surface area contributed by atoms with Gasteiger partial charge in [0.25, 0.3) is 5.91 Å². The summed E-state index contributed by atoms with van der Waals surface area (Å²) < 4.78 is 33.8. The Morgan fingerprint density at radius 2 is 1.83 bits per heavy atom. The minimum absolute atomic E-state index is 0.00204. The highest BCUT2D eigenvalue weighted by Gasteiger charge is 2.26. The predicted octanol–water partition coefficient (Wildman–Crippen LogP) is 3.84. The quantitative estimate of drug-likeness (QED) is 0.633. The van der Waals surface area contributed by atoms with E-state index >= 15 is 0 Å². The van der Waals surface area contributed by atoms with Gasteiger partial charge in [-0.1, -0.05) is 50.1 Å². The summed E-state index contributed by atoms with van der Waals surface area (Å²) in [5.41, 5.74) is 1.53. The number of nitrogens with one attached hydrogen (secondary N) is 2. The zero-order valence-corrected chi connectivity index (χ0v) is 18.4. The lowest BCUT2D eigenvalue weighted by atomic mass is 9.98. The molecule has 0 radical (unpaired) electrons. The normalized spacial score (nSPS) is 15.7. The summed E-state index contributed by atoms with van der Waals surface area (Å²) in [6, 6.07) is 14.6. The number of hydrogen-bond acceptors (Lipinski definition) is 4. The van der Waals surface area contributed by atoms with Crippen molar-refractivity contribution in [3.05, 3.63) is 59.7 Å². The van der Waals surface area contributed by atoms with E-state index < -0.39 is 10.0 Å². The molecule has 0 spiro atoms. The largest absolute Gasteiger partial charge is 0.495 e. The van der Waals surface area contributed by atoms with Crippen molar-refractivity contribution in [1.29, 1.82) is 0 Å². The molecule has 1 atom stereocenters. The Morgan fingerprint density at radius 1 is 1.13 bits per heavy atom. The first-order valence-electron chi connectivity index (χ1n) is 10.4. The summed E-state index contributed by atoms with van der Waals surface area (Å²) in [5.74, 6) is 0.249. The number of sulfonamides is 1. The fourth-order valence-corrected chi connectivity index (χ4v) is 5.31. The number of hydrogen-bond donors (Lipinski definition) is 2. The van der Waals surface area contributed by atoms with E-state index in [1.165, 1.54) is 24.8 Å². The van der Waals surface area contributed by atoms with E-state index in [1.807, 2.05) is 18.2 Å². The second kappa shape index (κ2) is 10.1. The van der Waals surface area contributed by atoms with Gasteiger partial charge in [0.05, 0.1) is 7.11 Å². The highest BCUT2D eigenvalue weighted by molar-refractivity contribution is 7.89. The van der Waals surface area contributed by atoms with E-state index in [0.29, 0.717) is 18.0 Å². The maximum atomic E-state index is 12.9. The fourth-order valence-electron chi connectivity index (χ4n) is 3.81. The molecule has 30 heavy (non-hydrogen) atoms. The summed E-state index contributed by atoms with van der Waals surface area (Å²) in [4.78, 5) is 12.6. The number of carbonyl (C=O) groups is 1. The van der Waals surface area contributed by atoms with Crippen LogP contribution in [0.25, 0.3) is 0 Å². The van der Waals surface area contributed by atoms with Gasteiger partial charge in [-0.25, -0.2) is 13.1 Å². The molecule has 1 aliphatic rings. The summed E-state index contributed by atoms with van der Waals surface area (Å²) in [6.07, 6.45) is 4.51. The molecule has 1 unspecified atom stereocenters. The van der Waals surface area contributed by atoms with Crippen molar-refractivity contribution < 1.29 is 17.9 Å². The van der Waals surface area contributed by atoms with Crippen LogP contribution in [-0.2, 0) is 10.0 Å². The molecule has 6 nitrogen and oxygen atoms in total. The fraction of sp³-hybridized carbons (Fsp3) is 0.435. The average molecular weight is 431 g/mol. The molecule has 1 saturated carbocycles. The highest BCUT2D eigenvalue weighted by atomic mass is 32.2. The lowest BCUT2D eigenvalue weighted by Crippen LogP contribution is -2.33. The van der Waals surface area contributed by atoms with E-state index in [0.717, 1.165) is 32.1 Å². The van der Waals surface area contributed by atoms with E-state index in [2.05, 4.69) is 29.1 Å². The molecule has 7 heteroatoms. The summed E-state index contributed by atoms with van der Waals surface area (Å²) in [7, 11) is -2.34. The summed E-state index contributed by atoms with van der Waals surface area (Å²) >= 11 is 0. The molecular formula is C23H30N2O4S. The van der Waals surface area contributed by atoms with Crippen molar-refractivity contribution in [3.8, 4) is 5.75 Å². The molecule has 0 heterocycles. The third-order valence-corrected chi connectivity index (χ3v) is 7.17. The van der Waals surface area contributed by atoms with Gasteiger partial charge in [-0.05, 0) is 48.9 Å². The smallest absolute Gasteiger partial charge is 0.251 e. The molecule has 2 N–H and O–H groups in total. The summed E-state index contributed by atoms with van der Waals surface area (Å²) in [6.45, 7) is 2.62. The van der Waals surface area contributed by atoms with Gasteiger partial charge >= 0.3 is 0 Å². The number of methoxy groups -OCH3 is 1. The third-order valence-electron chi connectivity index (χ3n) is 5.62. The second-order valence-electron chi connectivity index (χ2n) is 7.82. The number of carbonyl (C=O) groups excluding carboxylic acids is 1. The minimum Gasteiger partial charge on any atom is -0.495 e. The Labute approximate surface area is 179 Å². The van der Waals surface area contributed by atoms with Gasteiger partial charge in [0.2, 0.25) is 10.0 Å². The lowest BCUT2D eigenvalue weighted by molar-refractivity contribution is 0.0952. The van der Waals surface area contributed by atoms with Crippen molar-refractivity contribution in [1.82, 2.24) is 10.0 Å². The van der Waals surface area contributed by atoms with Crippen LogP contribution in [0.2, 0.25) is 0 Å². The van der Waals surface area contributed by atoms with Crippen molar-refractivity contribution in [3.63, 3.8) is 0 Å². The zero-order chi connectivity index (χ0) is 21.6. The number of amides is 1. The molecule has 0 aromatic heterocycles. The second-order valence-corrected chi connectivity index (χ2v) is 9.51. The molecular weight excluding hydrogens is 400 g/mol. The monoisotopic (exact) mass is 430 g/mol. The van der Waals surface area contributed by atoms with Crippen molar-refractivity contribution in [2.45, 2.75) is 55.9 Å². The van der Waals surface area contributed by atoms with Gasteiger partial charge < -0.3 is 10.1 Å². The predicted molar refractivity (Wildman–Crippen MR) is 117 cm³/mol. The van der Waals surface area contributed by atoms with Gasteiger partial charge in [0, 0.05) is 18.2 Å². The molecule has 2 aromatic carbocycles. The van der Waals surface area contributed by atoms with E-state index in [-0.39, 0.29) is 22.6 Å². The van der Waals surface area contributed by atoms with Crippen molar-refractivity contribution in [2.75, 3.05) is 13.7 Å². The van der Waals surface area contributed by atoms with Gasteiger partial charge in [-0.3, -0.25) is 4.79 Å². The maximum Gasteiger partial charge on any atom is 0.251 e. The molecule has 0 bridgehead atoms. The van der Waals surface area contributed by atoms with E-state index in [1.54, 1.807) is 6.07 Å². The van der Waals surface area contributed by atoms with Crippen LogP contribution in [0.15, 0.2) is 53.4 Å². The number of ether oxygens (including phenoxy) is 1. The molecule has 0 saturated heterocycles. The Hall–Kier alpha value is -2.38. The van der Waals surface area contributed by atoms with Gasteiger partial charge in [-0.15, -0.1) is 0 Å². The van der Waals surface area contributed by atoms with Crippen LogP contribution < -0.4 is 14.8 Å². The van der Waals surface area contributed by atoms with Crippen LogP contribution in [-0.4, -0.2) is 34.0 Å². The van der Waals surface area contributed by atoms with Gasteiger partial charge in [0.1, 0.15) is 10.6 Å². The third kappa shape index (κ3) is 5.61. The molecule has 162 valence electrons. The van der Waals surface area contributed by atoms with Gasteiger partial charge in [-0.2, -0.15) is 0 Å². The van der Waals surface area contributed by atoms with Crippen molar-refractivity contribution >= 4 is 15.9 Å². The van der Waals surface area contributed by atoms with Crippen LogP contribution in [0.3, 0.4) is 0 Å². The average Bonchev–Trinajstić information content (AvgIpc) is 3.26. The Morgan fingerprint density at radius 3 is 2.50 bits per heavy atom. The van der Waals surface area contributed by atoms with Crippen LogP contribution in [0.4, 0.5) is 0 Å². The molecule has 1 amide bonds. The lowest BCUT2D eigenvalue weighted by Gasteiger charge is -2.16. The molecule has 1 aliphatic carbocycles. The molecule has 1 fully saturated rings. The zero-order valence-electron chi connectivity index (χ0n) is 17.6. The topological polar surface area (TPSA) is 84.5 Å². The first-order valence-corrected chi connectivity index (χ1v) is 11.9. The SMILES string of the molecule is COc1ccc(C(=O)NCCC(C)c2ccccc2)cc1S(=O)(=O)NC1CCCC1. The highest BCUT2D eigenvalue weighted by Crippen LogP contribution is 2.27. The number of rotatable bonds is 9. The molecule has 0 aliphatic heterocycles. The van der Waals surface area contributed by atoms with Crippen LogP contribution in [0.1, 0.15) is 60.9 Å². The van der Waals surface area contributed by atoms with Crippen molar-refractivity contribution in [2.24, 2.45) is 0 Å². The van der Waals surface area contributed by atoms with Crippen LogP contribution in [0, 0.1) is 0 Å². The summed E-state index contributed by atoms with van der Waals surface area (Å²) in [5, 5.41) is 2.89. The first kappa shape index (κ1) is 22.3. The maximum absolute atomic E-state index is 12.9. The Kier molecular flexibility index (Phi) is 7.50. The van der Waals surface area contributed by atoms with Crippen LogP contribution in [0.5, 0.6) is 5.75 Å². The number of benzene rings is 2. The van der Waals surface area contributed by atoms with E-state index in [4.69, 9.17) is 4.74 Å². The van der Waals surface area contributed by atoms with Gasteiger partial charge in [0.15, 0.2) is 0 Å². The molecule has 3 rings (SSSR count). The first-order chi connectivity index (χ1) is 14.4. The Bertz CT molecular complexity index is 954. The van der Waals surface area contributed by atoms with E-state index in [9.17, 15) is 13.2 Å². The standard InChI is InChI=1S/C23H30N2O4S/c1-17(18-8-4-3-5-9-18)14-15-24-23(26)19-12-13-21(29-2)22(16-19)30(27,28)25-20-10-6-7-11-20/h3-5,8-9,12-13,16-17,20,25H,6-7,10-11,14-15H2,1-2H3,(H,24,26). The Balaban J connectivity index is 1.66.